The first-order chi connectivity index (χ1) is 9.49. The largest absolute Gasteiger partial charge is 0.423 e. The van der Waals surface area contributed by atoms with Crippen LogP contribution in [0.5, 0.6) is 5.75 Å². The fourth-order valence-corrected chi connectivity index (χ4v) is 1.62. The average molecular weight is 274 g/mol. The van der Waals surface area contributed by atoms with Crippen molar-refractivity contribution in [3.8, 4) is 16.9 Å². The van der Waals surface area contributed by atoms with Crippen LogP contribution in [0.4, 0.5) is 8.78 Å². The van der Waals surface area contributed by atoms with Gasteiger partial charge in [0.2, 0.25) is 0 Å². The van der Waals surface area contributed by atoms with E-state index in [1.165, 1.54) is 24.3 Å². The van der Waals surface area contributed by atoms with E-state index in [1.807, 2.05) is 0 Å². The van der Waals surface area contributed by atoms with E-state index < -0.39 is 17.6 Å². The topological polar surface area (TPSA) is 26.3 Å². The predicted molar refractivity (Wildman–Crippen MR) is 72.2 cm³/mol. The summed E-state index contributed by atoms with van der Waals surface area (Å²) in [5.74, 6) is -2.02. The second kappa shape index (κ2) is 5.65. The smallest absolute Gasteiger partial charge is 0.338 e. The van der Waals surface area contributed by atoms with Gasteiger partial charge >= 0.3 is 5.97 Å². The summed E-state index contributed by atoms with van der Waals surface area (Å²) in [6.07, 6.45) is 0. The third-order valence-corrected chi connectivity index (χ3v) is 2.68. The third kappa shape index (κ3) is 2.91. The minimum Gasteiger partial charge on any atom is -0.423 e. The Morgan fingerprint density at radius 3 is 2.35 bits per heavy atom. The second-order valence-corrected chi connectivity index (χ2v) is 4.30. The summed E-state index contributed by atoms with van der Waals surface area (Å²) < 4.78 is 31.8. The lowest BCUT2D eigenvalue weighted by Crippen LogP contribution is -2.07. The van der Waals surface area contributed by atoms with E-state index in [4.69, 9.17) is 4.74 Å². The molecule has 4 heteroatoms. The van der Waals surface area contributed by atoms with E-state index in [0.29, 0.717) is 11.3 Å². The Kier molecular flexibility index (Phi) is 3.94. The number of esters is 1. The van der Waals surface area contributed by atoms with Crippen LogP contribution in [0.3, 0.4) is 0 Å². The van der Waals surface area contributed by atoms with Crippen molar-refractivity contribution in [2.45, 2.75) is 6.92 Å². The molecule has 0 N–H and O–H groups in total. The van der Waals surface area contributed by atoms with Gasteiger partial charge in [-0.25, -0.2) is 13.6 Å². The summed E-state index contributed by atoms with van der Waals surface area (Å²) in [5, 5.41) is 0. The molecule has 0 amide bonds. The Hall–Kier alpha value is -2.49. The quantitative estimate of drug-likeness (QED) is 0.478. The highest BCUT2D eigenvalue weighted by Crippen LogP contribution is 2.26. The number of halogens is 2. The van der Waals surface area contributed by atoms with E-state index in [0.717, 1.165) is 6.07 Å². The number of hydrogen-bond acceptors (Lipinski definition) is 2. The summed E-state index contributed by atoms with van der Waals surface area (Å²) in [6, 6.07) is 10.1. The molecular formula is C16H12F2O2. The molecular weight excluding hydrogens is 262 g/mol. The van der Waals surface area contributed by atoms with Crippen molar-refractivity contribution in [3.63, 3.8) is 0 Å². The van der Waals surface area contributed by atoms with Crippen LogP contribution in [0.25, 0.3) is 11.1 Å². The SMILES string of the molecule is C=C(C)C(=O)Oc1ccc(-c2cccc(F)c2F)cc1. The van der Waals surface area contributed by atoms with Gasteiger partial charge in [0.1, 0.15) is 5.75 Å². The van der Waals surface area contributed by atoms with Gasteiger partial charge in [-0.1, -0.05) is 30.8 Å². The summed E-state index contributed by atoms with van der Waals surface area (Å²) in [4.78, 5) is 11.3. The number of hydrogen-bond donors (Lipinski definition) is 0. The molecule has 0 aromatic heterocycles. The summed E-state index contributed by atoms with van der Waals surface area (Å²) in [5.41, 5.74) is 0.935. The normalized spacial score (nSPS) is 10.2. The molecule has 0 aliphatic carbocycles. The zero-order chi connectivity index (χ0) is 14.7. The number of carbonyl (C=O) groups excluding carboxylic acids is 1. The highest BCUT2D eigenvalue weighted by molar-refractivity contribution is 5.88. The minimum absolute atomic E-state index is 0.155. The molecule has 0 saturated carbocycles. The van der Waals surface area contributed by atoms with Crippen LogP contribution in [-0.2, 0) is 4.79 Å². The Balaban J connectivity index is 2.26. The average Bonchev–Trinajstić information content (AvgIpc) is 2.43. The first kappa shape index (κ1) is 13.9. The molecule has 102 valence electrons. The van der Waals surface area contributed by atoms with Crippen molar-refractivity contribution >= 4 is 5.97 Å². The van der Waals surface area contributed by atoms with E-state index in [1.54, 1.807) is 19.1 Å². The van der Waals surface area contributed by atoms with Crippen molar-refractivity contribution < 1.29 is 18.3 Å². The van der Waals surface area contributed by atoms with Crippen LogP contribution >= 0.6 is 0 Å². The molecule has 2 rings (SSSR count). The van der Waals surface area contributed by atoms with E-state index in [-0.39, 0.29) is 11.1 Å². The zero-order valence-electron chi connectivity index (χ0n) is 10.8. The Morgan fingerprint density at radius 2 is 1.75 bits per heavy atom. The van der Waals surface area contributed by atoms with Gasteiger partial charge in [0, 0.05) is 11.1 Å². The van der Waals surface area contributed by atoms with E-state index >= 15 is 0 Å². The molecule has 0 bridgehead atoms. The zero-order valence-corrected chi connectivity index (χ0v) is 10.8. The van der Waals surface area contributed by atoms with Crippen LogP contribution in [0, 0.1) is 11.6 Å². The van der Waals surface area contributed by atoms with Gasteiger partial charge in [-0.3, -0.25) is 0 Å². The fraction of sp³-hybridized carbons (Fsp3) is 0.0625. The number of carbonyl (C=O) groups is 1. The summed E-state index contributed by atoms with van der Waals surface area (Å²) in [6.45, 7) is 5.01. The molecule has 0 saturated heterocycles. The molecule has 0 aliphatic heterocycles. The maximum atomic E-state index is 13.6. The Morgan fingerprint density at radius 1 is 1.10 bits per heavy atom. The molecule has 0 aliphatic rings. The molecule has 0 spiro atoms. The van der Waals surface area contributed by atoms with Crippen molar-refractivity contribution in [3.05, 3.63) is 66.3 Å². The maximum absolute atomic E-state index is 13.6. The lowest BCUT2D eigenvalue weighted by molar-refractivity contribution is -0.130. The van der Waals surface area contributed by atoms with Crippen LogP contribution in [0.2, 0.25) is 0 Å². The standard InChI is InChI=1S/C16H12F2O2/c1-10(2)16(19)20-12-8-6-11(7-9-12)13-4-3-5-14(17)15(13)18/h3-9H,1H2,2H3. The van der Waals surface area contributed by atoms with Gasteiger partial charge in [-0.15, -0.1) is 0 Å². The van der Waals surface area contributed by atoms with Crippen molar-refractivity contribution in [1.29, 1.82) is 0 Å². The highest BCUT2D eigenvalue weighted by Gasteiger charge is 2.10. The maximum Gasteiger partial charge on any atom is 0.338 e. The van der Waals surface area contributed by atoms with Crippen LogP contribution in [-0.4, -0.2) is 5.97 Å². The van der Waals surface area contributed by atoms with Crippen molar-refractivity contribution in [2.24, 2.45) is 0 Å². The minimum atomic E-state index is -0.904. The second-order valence-electron chi connectivity index (χ2n) is 4.30. The first-order valence-corrected chi connectivity index (χ1v) is 5.91. The van der Waals surface area contributed by atoms with Gasteiger partial charge in [-0.05, 0) is 30.7 Å². The first-order valence-electron chi connectivity index (χ1n) is 5.91. The molecule has 2 nitrogen and oxygen atoms in total. The molecule has 0 heterocycles. The van der Waals surface area contributed by atoms with E-state index in [2.05, 4.69) is 6.58 Å². The van der Waals surface area contributed by atoms with Crippen molar-refractivity contribution in [2.75, 3.05) is 0 Å². The number of ether oxygens (including phenoxy) is 1. The monoisotopic (exact) mass is 274 g/mol. The fourth-order valence-electron chi connectivity index (χ4n) is 1.62. The third-order valence-electron chi connectivity index (χ3n) is 2.68. The molecule has 0 radical (unpaired) electrons. The lowest BCUT2D eigenvalue weighted by atomic mass is 10.0. The molecule has 2 aromatic rings. The molecule has 2 aromatic carbocycles. The molecule has 0 atom stereocenters. The van der Waals surface area contributed by atoms with Crippen molar-refractivity contribution in [1.82, 2.24) is 0 Å². The van der Waals surface area contributed by atoms with Gasteiger partial charge in [0.05, 0.1) is 0 Å². The summed E-state index contributed by atoms with van der Waals surface area (Å²) in [7, 11) is 0. The van der Waals surface area contributed by atoms with Crippen LogP contribution in [0.15, 0.2) is 54.6 Å². The molecule has 0 unspecified atom stereocenters. The van der Waals surface area contributed by atoms with Gasteiger partial charge in [0.15, 0.2) is 11.6 Å². The Bertz CT molecular complexity index is 661. The molecule has 20 heavy (non-hydrogen) atoms. The number of benzene rings is 2. The van der Waals surface area contributed by atoms with E-state index in [9.17, 15) is 13.6 Å². The highest BCUT2D eigenvalue weighted by atomic mass is 19.2. The van der Waals surface area contributed by atoms with Crippen LogP contribution < -0.4 is 4.74 Å². The molecule has 0 fully saturated rings. The predicted octanol–water partition coefficient (Wildman–Crippen LogP) is 4.11. The summed E-state index contributed by atoms with van der Waals surface area (Å²) >= 11 is 0. The van der Waals surface area contributed by atoms with Gasteiger partial charge in [-0.2, -0.15) is 0 Å². The number of rotatable bonds is 3. The van der Waals surface area contributed by atoms with Gasteiger partial charge < -0.3 is 4.74 Å². The lowest BCUT2D eigenvalue weighted by Gasteiger charge is -2.07. The van der Waals surface area contributed by atoms with Gasteiger partial charge in [0.25, 0.3) is 0 Å². The van der Waals surface area contributed by atoms with Crippen LogP contribution in [0.1, 0.15) is 6.92 Å². The Labute approximate surface area is 115 Å².